The number of hydrogen-bond acceptors (Lipinski definition) is 5. The van der Waals surface area contributed by atoms with Gasteiger partial charge >= 0.3 is 0 Å². The fourth-order valence-corrected chi connectivity index (χ4v) is 2.60. The van der Waals surface area contributed by atoms with Crippen LogP contribution in [-0.4, -0.2) is 14.6 Å². The van der Waals surface area contributed by atoms with E-state index in [1.54, 1.807) is 25.3 Å². The van der Waals surface area contributed by atoms with Gasteiger partial charge in [0.25, 0.3) is 5.69 Å². The first-order valence-electron chi connectivity index (χ1n) is 7.63. The quantitative estimate of drug-likeness (QED) is 0.419. The lowest BCUT2D eigenvalue weighted by molar-refractivity contribution is -0.384. The Labute approximate surface area is 149 Å². The van der Waals surface area contributed by atoms with E-state index < -0.39 is 4.92 Å². The van der Waals surface area contributed by atoms with Gasteiger partial charge in [-0.25, -0.2) is 9.66 Å². The molecule has 0 aliphatic carbocycles. The number of benzene rings is 2. The van der Waals surface area contributed by atoms with Crippen LogP contribution in [0.2, 0.25) is 0 Å². The molecule has 0 saturated heterocycles. The molecule has 0 fully saturated rings. The van der Waals surface area contributed by atoms with E-state index in [0.717, 1.165) is 16.8 Å². The van der Waals surface area contributed by atoms with E-state index in [2.05, 4.69) is 10.4 Å². The van der Waals surface area contributed by atoms with E-state index in [1.807, 2.05) is 37.3 Å². The molecule has 0 aliphatic heterocycles. The summed E-state index contributed by atoms with van der Waals surface area (Å²) in [6.45, 7) is 3.83. The first-order valence-corrected chi connectivity index (χ1v) is 8.04. The molecule has 0 aliphatic rings. The molecule has 0 atom stereocenters. The van der Waals surface area contributed by atoms with Crippen molar-refractivity contribution in [2.24, 2.45) is 0 Å². The van der Waals surface area contributed by atoms with Crippen molar-refractivity contribution in [3.05, 3.63) is 80.7 Å². The molecule has 0 unspecified atom stereocenters. The summed E-state index contributed by atoms with van der Waals surface area (Å²) in [7, 11) is 0. The highest BCUT2D eigenvalue weighted by atomic mass is 32.1. The summed E-state index contributed by atoms with van der Waals surface area (Å²) in [5.74, 6) is 0. The maximum absolute atomic E-state index is 11.2. The number of nitro groups is 1. The monoisotopic (exact) mass is 352 g/mol. The van der Waals surface area contributed by atoms with Gasteiger partial charge in [0.15, 0.2) is 0 Å². The Kier molecular flexibility index (Phi) is 4.58. The smallest absolute Gasteiger partial charge is 0.286 e. The van der Waals surface area contributed by atoms with Crippen molar-refractivity contribution < 1.29 is 4.92 Å². The Balaban J connectivity index is 1.94. The zero-order chi connectivity index (χ0) is 18.0. The van der Waals surface area contributed by atoms with Gasteiger partial charge in [-0.2, -0.15) is 0 Å². The fraction of sp³-hybridized carbons (Fsp3) is 0.111. The molecule has 0 radical (unpaired) electrons. The summed E-state index contributed by atoms with van der Waals surface area (Å²) in [6.07, 6.45) is 1.72. The van der Waals surface area contributed by atoms with Crippen molar-refractivity contribution in [2.75, 3.05) is 5.43 Å². The van der Waals surface area contributed by atoms with Crippen molar-refractivity contribution in [1.82, 2.24) is 9.66 Å². The highest BCUT2D eigenvalue weighted by Crippen LogP contribution is 2.25. The molecule has 2 aromatic carbocycles. The maximum Gasteiger partial charge on any atom is 0.294 e. The van der Waals surface area contributed by atoms with Gasteiger partial charge in [0.1, 0.15) is 5.69 Å². The van der Waals surface area contributed by atoms with Crippen LogP contribution < -0.4 is 5.43 Å². The van der Waals surface area contributed by atoms with Crippen LogP contribution >= 0.6 is 12.2 Å². The van der Waals surface area contributed by atoms with Crippen LogP contribution in [-0.2, 0) is 0 Å². The lowest BCUT2D eigenvalue weighted by Gasteiger charge is -2.11. The minimum absolute atomic E-state index is 0.00971. The number of anilines is 1. The standard InChI is InChI=1S/C18H16N4O2S/c1-12-3-6-14(7-4-12)15-9-10-21(18(25)19-15)20-16-8-5-13(2)11-17(16)22(23)24/h3-11,20H,1-2H3. The van der Waals surface area contributed by atoms with E-state index >= 15 is 0 Å². The number of aryl methyl sites for hydroxylation is 2. The van der Waals surface area contributed by atoms with Crippen molar-refractivity contribution >= 4 is 23.6 Å². The van der Waals surface area contributed by atoms with Gasteiger partial charge in [0.2, 0.25) is 4.77 Å². The second-order valence-electron chi connectivity index (χ2n) is 5.72. The van der Waals surface area contributed by atoms with Gasteiger partial charge in [-0.3, -0.25) is 15.5 Å². The molecule has 6 nitrogen and oxygen atoms in total. The first kappa shape index (κ1) is 16.8. The Bertz CT molecular complexity index is 997. The number of nitrogens with zero attached hydrogens (tertiary/aromatic N) is 3. The molecule has 3 aromatic rings. The van der Waals surface area contributed by atoms with E-state index in [4.69, 9.17) is 12.2 Å². The van der Waals surface area contributed by atoms with Gasteiger partial charge in [-0.1, -0.05) is 35.9 Å². The lowest BCUT2D eigenvalue weighted by atomic mass is 10.1. The van der Waals surface area contributed by atoms with Crippen LogP contribution in [0.15, 0.2) is 54.7 Å². The number of rotatable bonds is 4. The normalized spacial score (nSPS) is 10.5. The van der Waals surface area contributed by atoms with E-state index in [0.29, 0.717) is 5.69 Å². The summed E-state index contributed by atoms with van der Waals surface area (Å²) in [4.78, 5) is 15.2. The summed E-state index contributed by atoms with van der Waals surface area (Å²) in [5.41, 5.74) is 6.99. The molecule has 0 bridgehead atoms. The molecule has 0 saturated carbocycles. The van der Waals surface area contributed by atoms with Crippen LogP contribution in [0.5, 0.6) is 0 Å². The summed E-state index contributed by atoms with van der Waals surface area (Å²) in [6, 6.07) is 14.8. The SMILES string of the molecule is Cc1ccc(-c2ccn(Nc3ccc(C)cc3[N+](=O)[O-])c(=S)n2)cc1. The van der Waals surface area contributed by atoms with Gasteiger partial charge in [-0.15, -0.1) is 0 Å². The zero-order valence-corrected chi connectivity index (χ0v) is 14.6. The number of aromatic nitrogens is 2. The number of hydrogen-bond donors (Lipinski definition) is 1. The van der Waals surface area contributed by atoms with Crippen molar-refractivity contribution in [3.63, 3.8) is 0 Å². The summed E-state index contributed by atoms with van der Waals surface area (Å²) >= 11 is 5.32. The molecule has 0 amide bonds. The molecular formula is C18H16N4O2S. The average molecular weight is 352 g/mol. The summed E-state index contributed by atoms with van der Waals surface area (Å²) in [5, 5.41) is 11.2. The predicted molar refractivity (Wildman–Crippen MR) is 100 cm³/mol. The third kappa shape index (κ3) is 3.72. The minimum Gasteiger partial charge on any atom is -0.286 e. The van der Waals surface area contributed by atoms with Crippen molar-refractivity contribution in [1.29, 1.82) is 0 Å². The second kappa shape index (κ2) is 6.82. The van der Waals surface area contributed by atoms with E-state index in [-0.39, 0.29) is 10.5 Å². The lowest BCUT2D eigenvalue weighted by Crippen LogP contribution is -2.13. The molecule has 25 heavy (non-hydrogen) atoms. The van der Waals surface area contributed by atoms with E-state index in [1.165, 1.54) is 16.3 Å². The summed E-state index contributed by atoms with van der Waals surface area (Å²) < 4.78 is 1.78. The zero-order valence-electron chi connectivity index (χ0n) is 13.8. The minimum atomic E-state index is -0.424. The maximum atomic E-state index is 11.2. The van der Waals surface area contributed by atoms with Crippen LogP contribution in [0.4, 0.5) is 11.4 Å². The topological polar surface area (TPSA) is 73.0 Å². The average Bonchev–Trinajstić information content (AvgIpc) is 2.58. The van der Waals surface area contributed by atoms with E-state index in [9.17, 15) is 10.1 Å². The Morgan fingerprint density at radius 3 is 2.40 bits per heavy atom. The van der Waals surface area contributed by atoms with Gasteiger partial charge in [0, 0.05) is 17.8 Å². The second-order valence-corrected chi connectivity index (χ2v) is 6.09. The van der Waals surface area contributed by atoms with Crippen LogP contribution in [0.3, 0.4) is 0 Å². The highest BCUT2D eigenvalue weighted by Gasteiger charge is 2.14. The third-order valence-corrected chi connectivity index (χ3v) is 4.03. The van der Waals surface area contributed by atoms with Crippen LogP contribution in [0, 0.1) is 28.7 Å². The molecule has 1 heterocycles. The molecule has 7 heteroatoms. The van der Waals surface area contributed by atoms with Crippen LogP contribution in [0.25, 0.3) is 11.3 Å². The Hall–Kier alpha value is -3.06. The van der Waals surface area contributed by atoms with Crippen molar-refractivity contribution in [3.8, 4) is 11.3 Å². The van der Waals surface area contributed by atoms with Crippen molar-refractivity contribution in [2.45, 2.75) is 13.8 Å². The Morgan fingerprint density at radius 1 is 1.08 bits per heavy atom. The highest BCUT2D eigenvalue weighted by molar-refractivity contribution is 7.71. The van der Waals surface area contributed by atoms with Gasteiger partial charge < -0.3 is 0 Å². The van der Waals surface area contributed by atoms with Gasteiger partial charge in [0.05, 0.1) is 10.6 Å². The predicted octanol–water partition coefficient (Wildman–Crippen LogP) is 4.68. The molecule has 3 rings (SSSR count). The van der Waals surface area contributed by atoms with Crippen LogP contribution in [0.1, 0.15) is 11.1 Å². The molecule has 1 N–H and O–H groups in total. The van der Waals surface area contributed by atoms with Gasteiger partial charge in [-0.05, 0) is 43.8 Å². The first-order chi connectivity index (χ1) is 11.9. The molecule has 0 spiro atoms. The third-order valence-electron chi connectivity index (χ3n) is 3.74. The number of nitro benzene ring substituents is 1. The molecule has 1 aromatic heterocycles. The molecule has 126 valence electrons. The number of nitrogens with one attached hydrogen (secondary N) is 1. The fourth-order valence-electron chi connectivity index (χ4n) is 2.39. The Morgan fingerprint density at radius 2 is 1.76 bits per heavy atom. The molecular weight excluding hydrogens is 336 g/mol. The largest absolute Gasteiger partial charge is 0.294 e.